The fourth-order valence-corrected chi connectivity index (χ4v) is 0.224. The molecule has 0 aliphatic rings. The van der Waals surface area contributed by atoms with Crippen molar-refractivity contribution < 1.29 is 55.1 Å². The molecule has 0 aromatic carbocycles. The monoisotopic (exact) mass is 375 g/mol. The Morgan fingerprint density at radius 3 is 1.67 bits per heavy atom. The van der Waals surface area contributed by atoms with Crippen LogP contribution in [0, 0.1) is 14.5 Å². The molecule has 1 radical (unpaired) electrons. The summed E-state index contributed by atoms with van der Waals surface area (Å²) in [5.41, 5.74) is 0. The first-order valence-corrected chi connectivity index (χ1v) is 2.36. The van der Waals surface area contributed by atoms with Crippen molar-refractivity contribution in [2.75, 3.05) is 13.1 Å². The fraction of sp³-hybridized carbons (Fsp3) is 0.667. The standard InChI is InChI=1S/C5H12N.CH3.W.Y/c1-4-6(3)5-2;;;/h3-5H2,1-2H3;1H3;;/q2*-1;;/i;1D;;. The van der Waals surface area contributed by atoms with Crippen LogP contribution in [0.4, 0.5) is 0 Å². The Morgan fingerprint density at radius 1 is 1.44 bits per heavy atom. The average Bonchev–Trinajstić information content (AvgIpc) is 1.91. The van der Waals surface area contributed by atoms with E-state index < -0.39 is 0 Å². The fourth-order valence-electron chi connectivity index (χ4n) is 0.224. The Kier molecular flexibility index (Phi) is 31.0. The van der Waals surface area contributed by atoms with E-state index in [-0.39, 0.29) is 53.8 Å². The molecule has 0 heterocycles. The summed E-state index contributed by atoms with van der Waals surface area (Å²) in [6.45, 7) is 6.29. The summed E-state index contributed by atoms with van der Waals surface area (Å²) in [5.74, 6) is 0. The minimum Gasteiger partial charge on any atom is -0.460 e. The molecule has 0 aliphatic carbocycles. The minimum absolute atomic E-state index is 0. The Morgan fingerprint density at radius 2 is 1.67 bits per heavy atom. The zero-order valence-corrected chi connectivity index (χ0v) is 12.0. The largest absolute Gasteiger partial charge is 0.460 e. The zero-order chi connectivity index (χ0) is 6.99. The molecule has 0 rings (SSSR count). The van der Waals surface area contributed by atoms with E-state index in [9.17, 15) is 0 Å². The zero-order valence-electron chi connectivity index (χ0n) is 7.26. The molecule has 0 aromatic heterocycles. The van der Waals surface area contributed by atoms with Crippen LogP contribution in [-0.2, 0) is 53.8 Å². The van der Waals surface area contributed by atoms with E-state index in [1.807, 2.05) is 4.90 Å². The van der Waals surface area contributed by atoms with E-state index in [1.165, 1.54) is 0 Å². The SMILES string of the molecule is [2H][CH2-].[CH2-]N(CC)CC.[W].[Y]. The molecule has 0 amide bonds. The van der Waals surface area contributed by atoms with E-state index in [2.05, 4.69) is 28.3 Å². The summed E-state index contributed by atoms with van der Waals surface area (Å²) in [4.78, 5) is 2.00. The molecule has 1 nitrogen and oxygen atoms in total. The van der Waals surface area contributed by atoms with Crippen LogP contribution in [0.25, 0.3) is 0 Å². The van der Waals surface area contributed by atoms with Crippen molar-refractivity contribution in [2.45, 2.75) is 13.8 Å². The Hall–Kier alpha value is 1.75. The second-order valence-electron chi connectivity index (χ2n) is 1.30. The first kappa shape index (κ1) is 17.0. The Labute approximate surface area is 101 Å². The maximum Gasteiger partial charge on any atom is 0 e. The molecule has 55 valence electrons. The van der Waals surface area contributed by atoms with Crippen molar-refractivity contribution in [3.63, 3.8) is 0 Å². The van der Waals surface area contributed by atoms with Crippen molar-refractivity contribution in [2.24, 2.45) is 0 Å². The van der Waals surface area contributed by atoms with E-state index in [0.717, 1.165) is 13.1 Å². The normalized spacial score (nSPS) is 7.44. The van der Waals surface area contributed by atoms with Gasteiger partial charge in [0.2, 0.25) is 0 Å². The van der Waals surface area contributed by atoms with Crippen molar-refractivity contribution in [1.29, 1.82) is 0 Å². The van der Waals surface area contributed by atoms with Gasteiger partial charge >= 0.3 is 0 Å². The van der Waals surface area contributed by atoms with Gasteiger partial charge in [-0.2, -0.15) is 0 Å². The van der Waals surface area contributed by atoms with Gasteiger partial charge in [0.05, 0.1) is 0 Å². The van der Waals surface area contributed by atoms with E-state index in [0.29, 0.717) is 0 Å². The van der Waals surface area contributed by atoms with Crippen molar-refractivity contribution in [3.8, 4) is 0 Å². The number of hydrogen-bond acceptors (Lipinski definition) is 1. The topological polar surface area (TPSA) is 3.24 Å². The molecule has 0 saturated carbocycles. The molecule has 0 atom stereocenters. The van der Waals surface area contributed by atoms with Gasteiger partial charge in [-0.1, -0.05) is 13.8 Å². The Bertz CT molecular complexity index is 36.9. The van der Waals surface area contributed by atoms with E-state index in [4.69, 9.17) is 1.37 Å². The molecule has 0 saturated heterocycles. The van der Waals surface area contributed by atoms with Crippen LogP contribution in [0.3, 0.4) is 0 Å². The molecule has 0 unspecified atom stereocenters. The van der Waals surface area contributed by atoms with Gasteiger partial charge in [-0.15, -0.1) is 0 Å². The molecule has 0 bridgehead atoms. The number of nitrogens with zero attached hydrogens (tertiary/aromatic N) is 1. The molecule has 0 aliphatic heterocycles. The third kappa shape index (κ3) is 17.7. The summed E-state index contributed by atoms with van der Waals surface area (Å²) in [6.07, 6.45) is 0. The van der Waals surface area contributed by atoms with Crippen LogP contribution < -0.4 is 0 Å². The summed E-state index contributed by atoms with van der Waals surface area (Å²) in [5, 5.41) is 0. The van der Waals surface area contributed by atoms with Gasteiger partial charge in [0.25, 0.3) is 0 Å². The first-order chi connectivity index (χ1) is 3.81. The van der Waals surface area contributed by atoms with E-state index >= 15 is 0 Å². The molecular formula is C6H15NWY-2. The summed E-state index contributed by atoms with van der Waals surface area (Å²) < 4.78 is 5.50. The molecule has 0 aromatic rings. The summed E-state index contributed by atoms with van der Waals surface area (Å²) in [7, 11) is 6.21. The van der Waals surface area contributed by atoms with Crippen molar-refractivity contribution in [1.82, 2.24) is 4.90 Å². The third-order valence-electron chi connectivity index (χ3n) is 0.894. The van der Waals surface area contributed by atoms with Crippen LogP contribution in [0.15, 0.2) is 0 Å². The smallest absolute Gasteiger partial charge is 0 e. The third-order valence-corrected chi connectivity index (χ3v) is 0.894. The van der Waals surface area contributed by atoms with Gasteiger partial charge in [-0.05, 0) is 13.1 Å². The van der Waals surface area contributed by atoms with Gasteiger partial charge in [0.15, 0.2) is 0 Å². The van der Waals surface area contributed by atoms with Gasteiger partial charge in [0, 0.05) is 53.8 Å². The molecular weight excluding hydrogens is 359 g/mol. The summed E-state index contributed by atoms with van der Waals surface area (Å²) in [6, 6.07) is 0. The van der Waals surface area contributed by atoms with Crippen molar-refractivity contribution >= 4 is 0 Å². The van der Waals surface area contributed by atoms with Gasteiger partial charge in [-0.25, -0.2) is 1.37 Å². The molecule has 0 spiro atoms. The van der Waals surface area contributed by atoms with Crippen LogP contribution in [0.5, 0.6) is 0 Å². The summed E-state index contributed by atoms with van der Waals surface area (Å²) >= 11 is 0. The predicted molar refractivity (Wildman–Crippen MR) is 34.7 cm³/mol. The number of hydrogen-bond donors (Lipinski definition) is 0. The van der Waals surface area contributed by atoms with Crippen molar-refractivity contribution in [3.05, 3.63) is 14.5 Å². The predicted octanol–water partition coefficient (Wildman–Crippen LogP) is 1.57. The average molecular weight is 375 g/mol. The second-order valence-corrected chi connectivity index (χ2v) is 1.30. The number of rotatable bonds is 2. The van der Waals surface area contributed by atoms with Crippen LogP contribution in [0.2, 0.25) is 0 Å². The second kappa shape index (κ2) is 16.4. The molecule has 3 heteroatoms. The maximum atomic E-state index is 5.50. The maximum absolute atomic E-state index is 5.50. The first-order valence-electron chi connectivity index (χ1n) is 3.07. The van der Waals surface area contributed by atoms with Gasteiger partial charge in [-0.3, -0.25) is 7.05 Å². The molecule has 0 N–H and O–H groups in total. The van der Waals surface area contributed by atoms with E-state index in [1.54, 1.807) is 0 Å². The van der Waals surface area contributed by atoms with Gasteiger partial charge < -0.3 is 12.3 Å². The molecule has 0 fully saturated rings. The molecule has 9 heavy (non-hydrogen) atoms. The quantitative estimate of drug-likeness (QED) is 0.663. The van der Waals surface area contributed by atoms with Crippen LogP contribution in [0.1, 0.15) is 15.2 Å². The minimum atomic E-state index is 0. The van der Waals surface area contributed by atoms with Crippen LogP contribution >= 0.6 is 0 Å². The van der Waals surface area contributed by atoms with Crippen LogP contribution in [-0.4, -0.2) is 18.0 Å². The van der Waals surface area contributed by atoms with Gasteiger partial charge in [0.1, 0.15) is 0 Å². The Balaban J connectivity index is -0.0000000412.